The van der Waals surface area contributed by atoms with Gasteiger partial charge < -0.3 is 25.2 Å². The van der Waals surface area contributed by atoms with E-state index in [2.05, 4.69) is 10.6 Å². The van der Waals surface area contributed by atoms with Crippen molar-refractivity contribution >= 4 is 18.0 Å². The molecule has 0 aliphatic heterocycles. The molecule has 0 heterocycles. The summed E-state index contributed by atoms with van der Waals surface area (Å²) in [5.41, 5.74) is 4.41. The maximum atomic E-state index is 12.7. The summed E-state index contributed by atoms with van der Waals surface area (Å²) in [6.45, 7) is 3.72. The van der Waals surface area contributed by atoms with Gasteiger partial charge in [-0.05, 0) is 28.2 Å². The third kappa shape index (κ3) is 5.70. The van der Waals surface area contributed by atoms with Crippen LogP contribution in [0.5, 0.6) is 0 Å². The lowest BCUT2D eigenvalue weighted by atomic mass is 9.98. The fourth-order valence-corrected chi connectivity index (χ4v) is 4.05. The average molecular weight is 455 g/mol. The minimum atomic E-state index is -1.13. The molecule has 0 aromatic heterocycles. The predicted octanol–water partition coefficient (Wildman–Crippen LogP) is 3.16. The molecule has 0 saturated heterocycles. The number of ether oxygens (including phenoxy) is 2. The highest BCUT2D eigenvalue weighted by atomic mass is 16.5. The van der Waals surface area contributed by atoms with Gasteiger partial charge in [0.05, 0.1) is 0 Å². The minimum absolute atomic E-state index is 0.105. The monoisotopic (exact) mass is 454 g/mol. The van der Waals surface area contributed by atoms with Crippen LogP contribution in [-0.4, -0.2) is 55.5 Å². The average Bonchev–Trinajstić information content (AvgIpc) is 3.12. The Morgan fingerprint density at radius 1 is 0.970 bits per heavy atom. The molecule has 0 spiro atoms. The molecule has 0 bridgehead atoms. The second-order valence-electron chi connectivity index (χ2n) is 8.37. The van der Waals surface area contributed by atoms with Crippen LogP contribution in [0.4, 0.5) is 4.79 Å². The zero-order valence-electron chi connectivity index (χ0n) is 19.0. The lowest BCUT2D eigenvalue weighted by molar-refractivity contribution is -0.143. The molecule has 2 aromatic carbocycles. The second kappa shape index (κ2) is 11.0. The van der Waals surface area contributed by atoms with E-state index in [1.165, 1.54) is 7.11 Å². The number of alkyl carbamates (subject to hydrolysis) is 1. The normalized spacial score (nSPS) is 14.2. The number of nitrogens with one attached hydrogen (secondary N) is 2. The van der Waals surface area contributed by atoms with Crippen molar-refractivity contribution in [2.45, 2.75) is 38.3 Å². The fraction of sp³-hybridized carbons (Fsp3) is 0.400. The van der Waals surface area contributed by atoms with Crippen LogP contribution in [-0.2, 0) is 19.1 Å². The number of methoxy groups -OCH3 is 1. The van der Waals surface area contributed by atoms with Gasteiger partial charge in [-0.25, -0.2) is 9.59 Å². The molecule has 8 nitrogen and oxygen atoms in total. The highest BCUT2D eigenvalue weighted by Gasteiger charge is 2.31. The van der Waals surface area contributed by atoms with Gasteiger partial charge in [0.1, 0.15) is 18.7 Å². The van der Waals surface area contributed by atoms with Gasteiger partial charge in [0.2, 0.25) is 5.91 Å². The quantitative estimate of drug-likeness (QED) is 0.508. The Hall–Kier alpha value is -3.39. The van der Waals surface area contributed by atoms with Crippen LogP contribution in [0.3, 0.4) is 0 Å². The maximum Gasteiger partial charge on any atom is 0.407 e. The van der Waals surface area contributed by atoms with Crippen molar-refractivity contribution in [3.8, 4) is 11.1 Å². The Morgan fingerprint density at radius 3 is 2.06 bits per heavy atom. The van der Waals surface area contributed by atoms with Gasteiger partial charge >= 0.3 is 12.1 Å². The van der Waals surface area contributed by atoms with Crippen LogP contribution in [0.15, 0.2) is 48.5 Å². The SMILES string of the molecule is COCCC(NC(=O)OCC1c2ccccc2-c2ccccc21)C(=O)NC(C(=O)O)C(C)C. The number of hydrogen-bond donors (Lipinski definition) is 3. The van der Waals surface area contributed by atoms with E-state index in [-0.39, 0.29) is 31.5 Å². The number of amides is 2. The Labute approximate surface area is 193 Å². The zero-order valence-corrected chi connectivity index (χ0v) is 19.0. The summed E-state index contributed by atoms with van der Waals surface area (Å²) < 4.78 is 10.5. The summed E-state index contributed by atoms with van der Waals surface area (Å²) in [6, 6.07) is 14.0. The summed E-state index contributed by atoms with van der Waals surface area (Å²) >= 11 is 0. The highest BCUT2D eigenvalue weighted by molar-refractivity contribution is 5.89. The molecule has 3 N–H and O–H groups in total. The number of rotatable bonds is 10. The standard InChI is InChI=1S/C25H30N2O6/c1-15(2)22(24(29)30)27-23(28)21(12-13-32-3)26-25(31)33-14-20-18-10-6-4-8-16(18)17-9-5-7-11-19(17)20/h4-11,15,20-22H,12-14H2,1-3H3,(H,26,31)(H,27,28)(H,29,30). The van der Waals surface area contributed by atoms with Crippen LogP contribution in [0.1, 0.15) is 37.3 Å². The van der Waals surface area contributed by atoms with E-state index in [0.717, 1.165) is 22.3 Å². The molecule has 0 saturated carbocycles. The lowest BCUT2D eigenvalue weighted by Crippen LogP contribution is -2.53. The number of carbonyl (C=O) groups excluding carboxylic acids is 2. The molecule has 8 heteroatoms. The molecular formula is C25H30N2O6. The summed E-state index contributed by atoms with van der Waals surface area (Å²) in [6.07, 6.45) is -0.568. The molecule has 1 aliphatic carbocycles. The highest BCUT2D eigenvalue weighted by Crippen LogP contribution is 2.44. The van der Waals surface area contributed by atoms with Gasteiger partial charge in [0.25, 0.3) is 0 Å². The van der Waals surface area contributed by atoms with E-state index in [0.29, 0.717) is 0 Å². The first kappa shape index (κ1) is 24.3. The van der Waals surface area contributed by atoms with Crippen LogP contribution < -0.4 is 10.6 Å². The van der Waals surface area contributed by atoms with Crippen LogP contribution in [0, 0.1) is 5.92 Å². The number of hydrogen-bond acceptors (Lipinski definition) is 5. The van der Waals surface area contributed by atoms with E-state index in [9.17, 15) is 19.5 Å². The molecule has 2 aromatic rings. The lowest BCUT2D eigenvalue weighted by Gasteiger charge is -2.23. The molecular weight excluding hydrogens is 424 g/mol. The Kier molecular flexibility index (Phi) is 8.06. The van der Waals surface area contributed by atoms with Crippen LogP contribution in [0.25, 0.3) is 11.1 Å². The second-order valence-corrected chi connectivity index (χ2v) is 8.37. The molecule has 2 unspecified atom stereocenters. The number of benzene rings is 2. The number of carboxylic acids is 1. The Balaban J connectivity index is 1.66. The van der Waals surface area contributed by atoms with Crippen molar-refractivity contribution in [1.29, 1.82) is 0 Å². The third-order valence-electron chi connectivity index (χ3n) is 5.79. The van der Waals surface area contributed by atoms with Crippen molar-refractivity contribution in [2.75, 3.05) is 20.3 Å². The van der Waals surface area contributed by atoms with E-state index in [1.807, 2.05) is 48.5 Å². The van der Waals surface area contributed by atoms with Gasteiger partial charge in [-0.1, -0.05) is 62.4 Å². The van der Waals surface area contributed by atoms with Crippen molar-refractivity contribution in [3.05, 3.63) is 59.7 Å². The van der Waals surface area contributed by atoms with Crippen molar-refractivity contribution < 1.29 is 29.0 Å². The molecule has 2 atom stereocenters. The van der Waals surface area contributed by atoms with Crippen LogP contribution >= 0.6 is 0 Å². The van der Waals surface area contributed by atoms with Crippen molar-refractivity contribution in [2.24, 2.45) is 5.92 Å². The molecule has 0 radical (unpaired) electrons. The van der Waals surface area contributed by atoms with E-state index >= 15 is 0 Å². The topological polar surface area (TPSA) is 114 Å². The van der Waals surface area contributed by atoms with Crippen LogP contribution in [0.2, 0.25) is 0 Å². The fourth-order valence-electron chi connectivity index (χ4n) is 4.05. The van der Waals surface area contributed by atoms with E-state index in [1.54, 1.807) is 13.8 Å². The molecule has 0 fully saturated rings. The Morgan fingerprint density at radius 2 is 1.55 bits per heavy atom. The summed E-state index contributed by atoms with van der Waals surface area (Å²) in [4.78, 5) is 36.7. The van der Waals surface area contributed by atoms with Gasteiger partial charge in [0.15, 0.2) is 0 Å². The molecule has 176 valence electrons. The minimum Gasteiger partial charge on any atom is -0.480 e. The third-order valence-corrected chi connectivity index (χ3v) is 5.79. The number of carbonyl (C=O) groups is 3. The molecule has 1 aliphatic rings. The first-order valence-corrected chi connectivity index (χ1v) is 11.0. The number of carboxylic acid groups (broad SMARTS) is 1. The maximum absolute atomic E-state index is 12.7. The van der Waals surface area contributed by atoms with E-state index < -0.39 is 30.1 Å². The Bertz CT molecular complexity index is 960. The largest absolute Gasteiger partial charge is 0.480 e. The summed E-state index contributed by atoms with van der Waals surface area (Å²) in [5.74, 6) is -2.15. The number of fused-ring (bicyclic) bond motifs is 3. The van der Waals surface area contributed by atoms with Gasteiger partial charge in [0, 0.05) is 26.1 Å². The molecule has 2 amide bonds. The van der Waals surface area contributed by atoms with E-state index in [4.69, 9.17) is 9.47 Å². The first-order chi connectivity index (χ1) is 15.8. The predicted molar refractivity (Wildman–Crippen MR) is 123 cm³/mol. The van der Waals surface area contributed by atoms with Crippen molar-refractivity contribution in [1.82, 2.24) is 10.6 Å². The summed E-state index contributed by atoms with van der Waals surface area (Å²) in [5, 5.41) is 14.4. The number of aliphatic carboxylic acids is 1. The molecule has 33 heavy (non-hydrogen) atoms. The van der Waals surface area contributed by atoms with Crippen molar-refractivity contribution in [3.63, 3.8) is 0 Å². The first-order valence-electron chi connectivity index (χ1n) is 11.0. The zero-order chi connectivity index (χ0) is 24.0. The van der Waals surface area contributed by atoms with Gasteiger partial charge in [-0.15, -0.1) is 0 Å². The van der Waals surface area contributed by atoms with Gasteiger partial charge in [-0.3, -0.25) is 4.79 Å². The molecule has 3 rings (SSSR count). The summed E-state index contributed by atoms with van der Waals surface area (Å²) in [7, 11) is 1.48. The smallest absolute Gasteiger partial charge is 0.407 e. The van der Waals surface area contributed by atoms with Gasteiger partial charge in [-0.2, -0.15) is 0 Å².